The number of likely N-dealkylation sites (N-methyl/N-ethyl adjacent to an activating group) is 1. The molecule has 1 heterocycles. The third-order valence-electron chi connectivity index (χ3n) is 2.77. The van der Waals surface area contributed by atoms with Crippen molar-refractivity contribution in [3.63, 3.8) is 0 Å². The van der Waals surface area contributed by atoms with Crippen LogP contribution in [0.25, 0.3) is 0 Å². The third-order valence-corrected chi connectivity index (χ3v) is 2.77. The van der Waals surface area contributed by atoms with Crippen molar-refractivity contribution in [3.05, 3.63) is 24.3 Å². The average Bonchev–Trinajstić information content (AvgIpc) is 2.37. The van der Waals surface area contributed by atoms with Gasteiger partial charge in [-0.15, -0.1) is 0 Å². The monoisotopic (exact) mass is 235 g/mol. The highest BCUT2D eigenvalue weighted by molar-refractivity contribution is 5.75. The molecule has 0 spiro atoms. The summed E-state index contributed by atoms with van der Waals surface area (Å²) in [5, 5.41) is 0. The highest BCUT2D eigenvalue weighted by atomic mass is 16.6. The van der Waals surface area contributed by atoms with Gasteiger partial charge in [-0.1, -0.05) is 19.1 Å². The van der Waals surface area contributed by atoms with Gasteiger partial charge in [0.15, 0.2) is 17.6 Å². The van der Waals surface area contributed by atoms with Crippen molar-refractivity contribution in [2.75, 3.05) is 20.2 Å². The standard InChI is InChI=1S/C13H17NO3/c1-3-13(15)14(2)8-10-9-16-11-6-4-5-7-12(11)17-10/h4-7,10H,3,8-9H2,1-2H3/t10-/m1/s1. The minimum Gasteiger partial charge on any atom is -0.486 e. The van der Waals surface area contributed by atoms with E-state index in [2.05, 4.69) is 0 Å². The van der Waals surface area contributed by atoms with Gasteiger partial charge in [-0.25, -0.2) is 0 Å². The van der Waals surface area contributed by atoms with Crippen molar-refractivity contribution in [1.29, 1.82) is 0 Å². The van der Waals surface area contributed by atoms with E-state index in [0.717, 1.165) is 11.5 Å². The van der Waals surface area contributed by atoms with Crippen LogP contribution < -0.4 is 9.47 Å². The average molecular weight is 235 g/mol. The molecule has 4 heteroatoms. The third kappa shape index (κ3) is 2.70. The molecule has 0 unspecified atom stereocenters. The van der Waals surface area contributed by atoms with Gasteiger partial charge < -0.3 is 14.4 Å². The Balaban J connectivity index is 1.96. The summed E-state index contributed by atoms with van der Waals surface area (Å²) in [6.45, 7) is 2.89. The van der Waals surface area contributed by atoms with E-state index in [4.69, 9.17) is 9.47 Å². The molecule has 2 rings (SSSR count). The van der Waals surface area contributed by atoms with Crippen LogP contribution in [-0.4, -0.2) is 37.1 Å². The van der Waals surface area contributed by atoms with Gasteiger partial charge in [0.2, 0.25) is 5.91 Å². The predicted molar refractivity (Wildman–Crippen MR) is 64.3 cm³/mol. The number of rotatable bonds is 3. The Hall–Kier alpha value is -1.71. The Labute approximate surface area is 101 Å². The minimum atomic E-state index is -0.0922. The first kappa shape index (κ1) is 11.8. The topological polar surface area (TPSA) is 38.8 Å². The second-order valence-electron chi connectivity index (χ2n) is 4.13. The highest BCUT2D eigenvalue weighted by Crippen LogP contribution is 2.30. The van der Waals surface area contributed by atoms with Gasteiger partial charge in [0.1, 0.15) is 6.61 Å². The SMILES string of the molecule is CCC(=O)N(C)C[C@@H]1COc2ccccc2O1. The summed E-state index contributed by atoms with van der Waals surface area (Å²) in [4.78, 5) is 13.1. The first-order chi connectivity index (χ1) is 8.20. The van der Waals surface area contributed by atoms with E-state index >= 15 is 0 Å². The number of amides is 1. The lowest BCUT2D eigenvalue weighted by Crippen LogP contribution is -2.41. The maximum absolute atomic E-state index is 11.5. The Morgan fingerprint density at radius 3 is 2.82 bits per heavy atom. The second kappa shape index (κ2) is 5.08. The molecule has 0 saturated heterocycles. The molecule has 0 aliphatic carbocycles. The van der Waals surface area contributed by atoms with Crippen molar-refractivity contribution in [1.82, 2.24) is 4.90 Å². The van der Waals surface area contributed by atoms with E-state index in [-0.39, 0.29) is 12.0 Å². The summed E-state index contributed by atoms with van der Waals surface area (Å²) in [5.41, 5.74) is 0. The number of carbonyl (C=O) groups excluding carboxylic acids is 1. The highest BCUT2D eigenvalue weighted by Gasteiger charge is 2.22. The zero-order valence-electron chi connectivity index (χ0n) is 10.2. The van der Waals surface area contributed by atoms with Gasteiger partial charge in [0.05, 0.1) is 6.54 Å². The minimum absolute atomic E-state index is 0.0922. The molecule has 0 N–H and O–H groups in total. The molecule has 0 aromatic heterocycles. The van der Waals surface area contributed by atoms with E-state index in [0.29, 0.717) is 19.6 Å². The molecule has 17 heavy (non-hydrogen) atoms. The number of fused-ring (bicyclic) bond motifs is 1. The molecule has 0 saturated carbocycles. The Morgan fingerprint density at radius 1 is 1.41 bits per heavy atom. The van der Waals surface area contributed by atoms with Crippen LogP contribution in [0.1, 0.15) is 13.3 Å². The molecule has 92 valence electrons. The Bertz CT molecular complexity index is 405. The van der Waals surface area contributed by atoms with Crippen LogP contribution >= 0.6 is 0 Å². The lowest BCUT2D eigenvalue weighted by atomic mass is 10.2. The fourth-order valence-electron chi connectivity index (χ4n) is 1.83. The summed E-state index contributed by atoms with van der Waals surface area (Å²) in [6.07, 6.45) is 0.422. The molecule has 0 fully saturated rings. The molecule has 4 nitrogen and oxygen atoms in total. The fourth-order valence-corrected chi connectivity index (χ4v) is 1.83. The number of hydrogen-bond donors (Lipinski definition) is 0. The molecule has 1 aliphatic rings. The van der Waals surface area contributed by atoms with Gasteiger partial charge in [-0.3, -0.25) is 4.79 Å². The molecular weight excluding hydrogens is 218 g/mol. The molecule has 1 amide bonds. The number of carbonyl (C=O) groups is 1. The molecule has 1 aromatic rings. The fraction of sp³-hybridized carbons (Fsp3) is 0.462. The smallest absolute Gasteiger partial charge is 0.222 e. The van der Waals surface area contributed by atoms with Gasteiger partial charge in [-0.05, 0) is 12.1 Å². The zero-order chi connectivity index (χ0) is 12.3. The second-order valence-corrected chi connectivity index (χ2v) is 4.13. The number of benzene rings is 1. The molecule has 1 atom stereocenters. The quantitative estimate of drug-likeness (QED) is 0.800. The van der Waals surface area contributed by atoms with E-state index in [1.807, 2.05) is 31.2 Å². The molecular formula is C13H17NO3. The summed E-state index contributed by atoms with van der Waals surface area (Å²) in [6, 6.07) is 7.58. The lowest BCUT2D eigenvalue weighted by molar-refractivity contribution is -0.130. The van der Waals surface area contributed by atoms with E-state index in [9.17, 15) is 4.79 Å². The van der Waals surface area contributed by atoms with Crippen molar-refractivity contribution < 1.29 is 14.3 Å². The zero-order valence-corrected chi connectivity index (χ0v) is 10.2. The normalized spacial score (nSPS) is 17.6. The molecule has 0 radical (unpaired) electrons. The lowest BCUT2D eigenvalue weighted by Gasteiger charge is -2.29. The Morgan fingerprint density at radius 2 is 2.12 bits per heavy atom. The van der Waals surface area contributed by atoms with Crippen molar-refractivity contribution in [2.24, 2.45) is 0 Å². The van der Waals surface area contributed by atoms with Crippen LogP contribution in [0.3, 0.4) is 0 Å². The number of ether oxygens (including phenoxy) is 2. The van der Waals surface area contributed by atoms with Gasteiger partial charge in [0, 0.05) is 13.5 Å². The van der Waals surface area contributed by atoms with Gasteiger partial charge in [0.25, 0.3) is 0 Å². The van der Waals surface area contributed by atoms with Crippen LogP contribution in [0.5, 0.6) is 11.5 Å². The van der Waals surface area contributed by atoms with Crippen molar-refractivity contribution in [2.45, 2.75) is 19.4 Å². The van der Waals surface area contributed by atoms with E-state index in [1.54, 1.807) is 11.9 Å². The Kier molecular flexibility index (Phi) is 3.52. The van der Waals surface area contributed by atoms with E-state index in [1.165, 1.54) is 0 Å². The first-order valence-corrected chi connectivity index (χ1v) is 5.83. The summed E-state index contributed by atoms with van der Waals surface area (Å²) < 4.78 is 11.4. The van der Waals surface area contributed by atoms with Crippen LogP contribution in [0.2, 0.25) is 0 Å². The number of hydrogen-bond acceptors (Lipinski definition) is 3. The van der Waals surface area contributed by atoms with Crippen LogP contribution in [0.4, 0.5) is 0 Å². The maximum atomic E-state index is 11.5. The summed E-state index contributed by atoms with van der Waals surface area (Å²) in [7, 11) is 1.79. The van der Waals surface area contributed by atoms with Crippen LogP contribution in [0, 0.1) is 0 Å². The largest absolute Gasteiger partial charge is 0.486 e. The van der Waals surface area contributed by atoms with Crippen LogP contribution in [-0.2, 0) is 4.79 Å². The van der Waals surface area contributed by atoms with Crippen molar-refractivity contribution in [3.8, 4) is 11.5 Å². The predicted octanol–water partition coefficient (Wildman–Crippen LogP) is 1.69. The number of nitrogens with zero attached hydrogens (tertiary/aromatic N) is 1. The van der Waals surface area contributed by atoms with Crippen LogP contribution in [0.15, 0.2) is 24.3 Å². The molecule has 1 aliphatic heterocycles. The molecule has 0 bridgehead atoms. The first-order valence-electron chi connectivity index (χ1n) is 5.83. The van der Waals surface area contributed by atoms with Crippen molar-refractivity contribution >= 4 is 5.91 Å². The van der Waals surface area contributed by atoms with Gasteiger partial charge in [-0.2, -0.15) is 0 Å². The molecule has 1 aromatic carbocycles. The maximum Gasteiger partial charge on any atom is 0.222 e. The summed E-state index contributed by atoms with van der Waals surface area (Å²) >= 11 is 0. The van der Waals surface area contributed by atoms with Gasteiger partial charge >= 0.3 is 0 Å². The van der Waals surface area contributed by atoms with E-state index < -0.39 is 0 Å². The summed E-state index contributed by atoms with van der Waals surface area (Å²) in [5.74, 6) is 1.64. The number of para-hydroxylation sites is 2.